The normalized spacial score (nSPS) is 20.2. The Labute approximate surface area is 115 Å². The first kappa shape index (κ1) is 16.6. The lowest BCUT2D eigenvalue weighted by atomic mass is 9.78. The lowest BCUT2D eigenvalue weighted by molar-refractivity contribution is -0.137. The number of rotatable bonds is 4. The number of nitrogens with one attached hydrogen (secondary N) is 1. The van der Waals surface area contributed by atoms with Crippen LogP contribution in [0, 0.1) is 5.41 Å². The minimum absolute atomic E-state index is 0.219. The fraction of sp³-hybridized carbons (Fsp3) is 0.833. The largest absolute Gasteiger partial charge is 0.409 e. The Morgan fingerprint density at radius 2 is 1.80 bits per heavy atom. The van der Waals surface area contributed by atoms with E-state index in [1.807, 2.05) is 0 Å². The summed E-state index contributed by atoms with van der Waals surface area (Å²) in [4.78, 5) is 12.2. The first-order chi connectivity index (χ1) is 9.32. The van der Waals surface area contributed by atoms with Gasteiger partial charge in [0, 0.05) is 6.54 Å². The number of oxime groups is 1. The molecule has 0 aromatic rings. The van der Waals surface area contributed by atoms with Crippen LogP contribution in [-0.2, 0) is 4.79 Å². The summed E-state index contributed by atoms with van der Waals surface area (Å²) in [6, 6.07) is 0. The second-order valence-electron chi connectivity index (χ2n) is 5.10. The van der Waals surface area contributed by atoms with Crippen molar-refractivity contribution in [3.8, 4) is 0 Å². The molecule has 4 N–H and O–H groups in total. The van der Waals surface area contributed by atoms with E-state index in [1.54, 1.807) is 0 Å². The van der Waals surface area contributed by atoms with Crippen molar-refractivity contribution in [2.45, 2.75) is 51.1 Å². The number of carbonyl (C=O) groups excluding carboxylic acids is 1. The van der Waals surface area contributed by atoms with E-state index in [1.165, 1.54) is 0 Å². The molecule has 0 aromatic heterocycles. The van der Waals surface area contributed by atoms with E-state index in [4.69, 9.17) is 10.9 Å². The Morgan fingerprint density at radius 1 is 1.25 bits per heavy atom. The summed E-state index contributed by atoms with van der Waals surface area (Å²) in [5.74, 6) is -0.803. The Kier molecular flexibility index (Phi) is 5.64. The van der Waals surface area contributed by atoms with Crippen LogP contribution in [0.1, 0.15) is 44.9 Å². The van der Waals surface area contributed by atoms with E-state index in [2.05, 4.69) is 10.5 Å². The molecule has 0 radical (unpaired) electrons. The highest BCUT2D eigenvalue weighted by atomic mass is 19.4. The first-order valence-corrected chi connectivity index (χ1v) is 6.65. The van der Waals surface area contributed by atoms with Crippen LogP contribution in [0.25, 0.3) is 0 Å². The molecule has 0 heterocycles. The third kappa shape index (κ3) is 4.28. The molecule has 1 fully saturated rings. The van der Waals surface area contributed by atoms with Crippen LogP contribution in [-0.4, -0.2) is 29.7 Å². The van der Waals surface area contributed by atoms with E-state index >= 15 is 0 Å². The van der Waals surface area contributed by atoms with Gasteiger partial charge in [0.05, 0.1) is 6.42 Å². The summed E-state index contributed by atoms with van der Waals surface area (Å²) in [5.41, 5.74) is 4.44. The van der Waals surface area contributed by atoms with Crippen LogP contribution in [0.2, 0.25) is 0 Å². The number of halogens is 3. The van der Waals surface area contributed by atoms with E-state index in [0.717, 1.165) is 25.7 Å². The van der Waals surface area contributed by atoms with Gasteiger partial charge >= 0.3 is 6.18 Å². The molecule has 1 aliphatic rings. The summed E-state index contributed by atoms with van der Waals surface area (Å²) >= 11 is 0. The van der Waals surface area contributed by atoms with Gasteiger partial charge in [0.25, 0.3) is 0 Å². The molecule has 1 rings (SSSR count). The SMILES string of the molecule is NC(=NO)C1(C(=O)NCCC(F)(F)F)CCCCCC1. The van der Waals surface area contributed by atoms with Gasteiger partial charge in [-0.05, 0) is 12.8 Å². The van der Waals surface area contributed by atoms with Crippen molar-refractivity contribution in [2.75, 3.05) is 6.54 Å². The Hall–Kier alpha value is -1.47. The zero-order chi connectivity index (χ0) is 15.2. The van der Waals surface area contributed by atoms with Gasteiger partial charge in [0.1, 0.15) is 5.41 Å². The maximum atomic E-state index is 12.2. The smallest absolute Gasteiger partial charge is 0.390 e. The molecule has 1 saturated carbocycles. The van der Waals surface area contributed by atoms with Crippen LogP contribution in [0.4, 0.5) is 13.2 Å². The number of amidine groups is 1. The van der Waals surface area contributed by atoms with Gasteiger partial charge in [0.15, 0.2) is 5.84 Å². The highest BCUT2D eigenvalue weighted by Gasteiger charge is 2.43. The lowest BCUT2D eigenvalue weighted by Crippen LogP contribution is -2.50. The zero-order valence-electron chi connectivity index (χ0n) is 11.2. The van der Waals surface area contributed by atoms with Gasteiger partial charge in [-0.1, -0.05) is 30.8 Å². The topological polar surface area (TPSA) is 87.7 Å². The highest BCUT2D eigenvalue weighted by molar-refractivity contribution is 6.06. The molecule has 0 bridgehead atoms. The summed E-state index contributed by atoms with van der Waals surface area (Å²) in [6.45, 7) is -0.497. The van der Waals surface area contributed by atoms with Gasteiger partial charge in [-0.2, -0.15) is 13.2 Å². The van der Waals surface area contributed by atoms with E-state index < -0.39 is 30.5 Å². The van der Waals surface area contributed by atoms with Gasteiger partial charge in [-0.25, -0.2) is 0 Å². The van der Waals surface area contributed by atoms with Gasteiger partial charge < -0.3 is 16.3 Å². The van der Waals surface area contributed by atoms with Crippen LogP contribution < -0.4 is 11.1 Å². The van der Waals surface area contributed by atoms with Crippen molar-refractivity contribution >= 4 is 11.7 Å². The van der Waals surface area contributed by atoms with Crippen molar-refractivity contribution in [3.63, 3.8) is 0 Å². The molecule has 5 nitrogen and oxygen atoms in total. The molecule has 0 unspecified atom stereocenters. The van der Waals surface area contributed by atoms with Crippen molar-refractivity contribution in [1.29, 1.82) is 0 Å². The summed E-state index contributed by atoms with van der Waals surface area (Å²) < 4.78 is 36.3. The van der Waals surface area contributed by atoms with Crippen LogP contribution >= 0.6 is 0 Å². The number of hydrogen-bond acceptors (Lipinski definition) is 3. The molecule has 116 valence electrons. The molecule has 0 aliphatic heterocycles. The minimum Gasteiger partial charge on any atom is -0.409 e. The first-order valence-electron chi connectivity index (χ1n) is 6.65. The maximum absolute atomic E-state index is 12.2. The maximum Gasteiger partial charge on any atom is 0.390 e. The van der Waals surface area contributed by atoms with Crippen molar-refractivity contribution in [1.82, 2.24) is 5.32 Å². The molecule has 0 saturated heterocycles. The van der Waals surface area contributed by atoms with E-state index in [-0.39, 0.29) is 5.84 Å². The average molecular weight is 295 g/mol. The second kappa shape index (κ2) is 6.81. The molecule has 0 aromatic carbocycles. The van der Waals surface area contributed by atoms with Crippen molar-refractivity contribution in [2.24, 2.45) is 16.3 Å². The molecule has 0 atom stereocenters. The highest BCUT2D eigenvalue weighted by Crippen LogP contribution is 2.35. The Balaban J connectivity index is 2.75. The molecular weight excluding hydrogens is 275 g/mol. The minimum atomic E-state index is -4.32. The van der Waals surface area contributed by atoms with Crippen molar-refractivity contribution < 1.29 is 23.2 Å². The van der Waals surface area contributed by atoms with Crippen molar-refractivity contribution in [3.05, 3.63) is 0 Å². The predicted molar refractivity (Wildman–Crippen MR) is 67.2 cm³/mol. The Bertz CT molecular complexity index is 361. The summed E-state index contributed by atoms with van der Waals surface area (Å²) in [6.07, 6.45) is -1.33. The molecule has 20 heavy (non-hydrogen) atoms. The van der Waals surface area contributed by atoms with Gasteiger partial charge in [-0.3, -0.25) is 4.79 Å². The van der Waals surface area contributed by atoms with Crippen LogP contribution in [0.15, 0.2) is 5.16 Å². The molecule has 1 amide bonds. The van der Waals surface area contributed by atoms with Gasteiger partial charge in [-0.15, -0.1) is 0 Å². The summed E-state index contributed by atoms with van der Waals surface area (Å²) in [5, 5.41) is 14.0. The monoisotopic (exact) mass is 295 g/mol. The number of nitrogens with two attached hydrogens (primary N) is 1. The number of hydrogen-bond donors (Lipinski definition) is 3. The molecule has 1 aliphatic carbocycles. The predicted octanol–water partition coefficient (Wildman–Crippen LogP) is 2.14. The van der Waals surface area contributed by atoms with E-state index in [0.29, 0.717) is 12.8 Å². The van der Waals surface area contributed by atoms with Crippen LogP contribution in [0.5, 0.6) is 0 Å². The second-order valence-corrected chi connectivity index (χ2v) is 5.10. The number of amides is 1. The fourth-order valence-corrected chi connectivity index (χ4v) is 2.51. The third-order valence-corrected chi connectivity index (χ3v) is 3.68. The van der Waals surface area contributed by atoms with Crippen LogP contribution in [0.3, 0.4) is 0 Å². The molecule has 8 heteroatoms. The zero-order valence-corrected chi connectivity index (χ0v) is 11.2. The third-order valence-electron chi connectivity index (χ3n) is 3.68. The molecular formula is C12H20F3N3O2. The fourth-order valence-electron chi connectivity index (χ4n) is 2.51. The molecule has 0 spiro atoms. The lowest BCUT2D eigenvalue weighted by Gasteiger charge is -2.29. The Morgan fingerprint density at radius 3 is 2.25 bits per heavy atom. The van der Waals surface area contributed by atoms with Gasteiger partial charge in [0.2, 0.25) is 5.91 Å². The number of nitrogens with zero attached hydrogens (tertiary/aromatic N) is 1. The average Bonchev–Trinajstić information content (AvgIpc) is 2.62. The number of carbonyl (C=O) groups is 1. The quantitative estimate of drug-likeness (QED) is 0.244. The number of alkyl halides is 3. The summed E-state index contributed by atoms with van der Waals surface area (Å²) in [7, 11) is 0. The standard InChI is InChI=1S/C12H20F3N3O2/c13-12(14,15)7-8-17-10(19)11(9(16)18-20)5-3-1-2-4-6-11/h20H,1-8H2,(H2,16,18)(H,17,19). The van der Waals surface area contributed by atoms with E-state index in [9.17, 15) is 18.0 Å².